The lowest BCUT2D eigenvalue weighted by Gasteiger charge is -2.25. The number of ether oxygens (including phenoxy) is 1. The van der Waals surface area contributed by atoms with Crippen molar-refractivity contribution >= 4 is 17.0 Å². The van der Waals surface area contributed by atoms with Crippen LogP contribution in [0.2, 0.25) is 0 Å². The Labute approximate surface area is 144 Å². The standard InChI is InChI=1S/C17H25F2NO3S/c1-5-23-16(21)14(19)10-11-15(20-24(22)17(2,3)4)12-8-6-7-9-13(12)18/h6-9,14-15,20H,5,10-11H2,1-4H3. The van der Waals surface area contributed by atoms with Gasteiger partial charge < -0.3 is 4.74 Å². The van der Waals surface area contributed by atoms with Crippen LogP contribution in [0.3, 0.4) is 0 Å². The Morgan fingerprint density at radius 3 is 2.46 bits per heavy atom. The van der Waals surface area contributed by atoms with Crippen molar-refractivity contribution in [3.63, 3.8) is 0 Å². The molecule has 4 nitrogen and oxygen atoms in total. The summed E-state index contributed by atoms with van der Waals surface area (Å²) in [5, 5.41) is 0. The summed E-state index contributed by atoms with van der Waals surface area (Å²) in [5.41, 5.74) is 0.297. The van der Waals surface area contributed by atoms with Crippen LogP contribution in [0.4, 0.5) is 8.78 Å². The lowest BCUT2D eigenvalue weighted by atomic mass is 10.0. The molecule has 0 amide bonds. The lowest BCUT2D eigenvalue weighted by molar-refractivity contribution is -0.149. The number of esters is 1. The Hall–Kier alpha value is -1.34. The smallest absolute Gasteiger partial charge is 0.340 e. The maximum absolute atomic E-state index is 14.1. The van der Waals surface area contributed by atoms with Crippen molar-refractivity contribution in [2.45, 2.75) is 57.5 Å². The highest BCUT2D eigenvalue weighted by molar-refractivity contribution is 7.84. The molecule has 3 unspecified atom stereocenters. The number of hydrogen-bond donors (Lipinski definition) is 1. The van der Waals surface area contributed by atoms with Gasteiger partial charge in [-0.15, -0.1) is 0 Å². The van der Waals surface area contributed by atoms with E-state index >= 15 is 0 Å². The van der Waals surface area contributed by atoms with Gasteiger partial charge in [-0.05, 0) is 46.6 Å². The molecule has 136 valence electrons. The molecule has 3 atom stereocenters. The van der Waals surface area contributed by atoms with Crippen molar-refractivity contribution in [3.05, 3.63) is 35.6 Å². The Kier molecular flexibility index (Phi) is 7.96. The predicted octanol–water partition coefficient (Wildman–Crippen LogP) is 3.60. The van der Waals surface area contributed by atoms with Gasteiger partial charge in [0, 0.05) is 11.6 Å². The van der Waals surface area contributed by atoms with Gasteiger partial charge in [0.2, 0.25) is 0 Å². The molecular formula is C17H25F2NO3S. The van der Waals surface area contributed by atoms with Crippen molar-refractivity contribution in [2.24, 2.45) is 0 Å². The van der Waals surface area contributed by atoms with E-state index in [0.717, 1.165) is 0 Å². The maximum atomic E-state index is 14.1. The second-order valence-corrected chi connectivity index (χ2v) is 8.37. The summed E-state index contributed by atoms with van der Waals surface area (Å²) in [5.74, 6) is -1.39. The van der Waals surface area contributed by atoms with E-state index in [4.69, 9.17) is 0 Å². The predicted molar refractivity (Wildman–Crippen MR) is 90.9 cm³/mol. The number of nitrogens with one attached hydrogen (secondary N) is 1. The van der Waals surface area contributed by atoms with E-state index in [1.54, 1.807) is 45.9 Å². The summed E-state index contributed by atoms with van der Waals surface area (Å²) in [6.45, 7) is 7.05. The van der Waals surface area contributed by atoms with Gasteiger partial charge in [0.1, 0.15) is 5.82 Å². The van der Waals surface area contributed by atoms with E-state index < -0.39 is 39.7 Å². The lowest BCUT2D eigenvalue weighted by Crippen LogP contribution is -2.36. The highest BCUT2D eigenvalue weighted by Gasteiger charge is 2.27. The normalized spacial score (nSPS) is 15.6. The number of carbonyl (C=O) groups excluding carboxylic acids is 1. The molecule has 0 bridgehead atoms. The zero-order valence-electron chi connectivity index (χ0n) is 14.5. The molecule has 0 heterocycles. The molecule has 0 fully saturated rings. The van der Waals surface area contributed by atoms with E-state index in [0.29, 0.717) is 5.56 Å². The second kappa shape index (κ2) is 9.22. The Bertz CT molecular complexity index is 575. The number of hydrogen-bond acceptors (Lipinski definition) is 3. The Morgan fingerprint density at radius 1 is 1.29 bits per heavy atom. The minimum Gasteiger partial charge on any atom is -0.464 e. The molecule has 0 saturated heterocycles. The van der Waals surface area contributed by atoms with E-state index in [2.05, 4.69) is 9.46 Å². The summed E-state index contributed by atoms with van der Waals surface area (Å²) in [6, 6.07) is 5.39. The number of benzene rings is 1. The van der Waals surface area contributed by atoms with Gasteiger partial charge in [-0.1, -0.05) is 18.2 Å². The molecule has 0 aliphatic rings. The quantitative estimate of drug-likeness (QED) is 0.720. The van der Waals surface area contributed by atoms with Crippen LogP contribution >= 0.6 is 0 Å². The zero-order chi connectivity index (χ0) is 18.3. The van der Waals surface area contributed by atoms with Gasteiger partial charge in [-0.25, -0.2) is 22.5 Å². The minimum absolute atomic E-state index is 0.0995. The van der Waals surface area contributed by atoms with Crippen LogP contribution < -0.4 is 4.72 Å². The third kappa shape index (κ3) is 6.28. The minimum atomic E-state index is -1.79. The van der Waals surface area contributed by atoms with Gasteiger partial charge in [-0.3, -0.25) is 0 Å². The van der Waals surface area contributed by atoms with E-state index in [1.165, 1.54) is 6.07 Å². The fourth-order valence-electron chi connectivity index (χ4n) is 2.01. The zero-order valence-corrected chi connectivity index (χ0v) is 15.3. The van der Waals surface area contributed by atoms with Gasteiger partial charge in [0.25, 0.3) is 0 Å². The topological polar surface area (TPSA) is 55.4 Å². The molecule has 7 heteroatoms. The third-order valence-electron chi connectivity index (χ3n) is 3.34. The van der Waals surface area contributed by atoms with Crippen molar-refractivity contribution in [2.75, 3.05) is 6.61 Å². The summed E-state index contributed by atoms with van der Waals surface area (Å²) in [6.07, 6.45) is -1.82. The second-order valence-electron chi connectivity index (χ2n) is 6.37. The van der Waals surface area contributed by atoms with Crippen LogP contribution in [0.1, 0.15) is 52.1 Å². The monoisotopic (exact) mass is 361 g/mol. The van der Waals surface area contributed by atoms with Gasteiger partial charge in [0.05, 0.1) is 22.3 Å². The van der Waals surface area contributed by atoms with Gasteiger partial charge in [0.15, 0.2) is 6.17 Å². The van der Waals surface area contributed by atoms with E-state index in [1.807, 2.05) is 0 Å². The molecule has 1 N–H and O–H groups in total. The Balaban J connectivity index is 2.88. The molecule has 0 saturated carbocycles. The SMILES string of the molecule is CCOC(=O)C(F)CCC(NS(=O)C(C)(C)C)c1ccccc1F. The molecule has 1 aromatic rings. The van der Waals surface area contributed by atoms with Crippen LogP contribution in [-0.4, -0.2) is 27.7 Å². The molecule has 0 aromatic heterocycles. The molecule has 0 aliphatic heterocycles. The van der Waals surface area contributed by atoms with Crippen LogP contribution in [-0.2, 0) is 20.5 Å². The first kappa shape index (κ1) is 20.7. The van der Waals surface area contributed by atoms with E-state index in [-0.39, 0.29) is 19.4 Å². The molecule has 1 rings (SSSR count). The van der Waals surface area contributed by atoms with Crippen molar-refractivity contribution < 1.29 is 22.5 Å². The van der Waals surface area contributed by atoms with Crippen molar-refractivity contribution in [1.82, 2.24) is 4.72 Å². The maximum Gasteiger partial charge on any atom is 0.340 e. The summed E-state index contributed by atoms with van der Waals surface area (Å²) in [4.78, 5) is 11.4. The fourth-order valence-corrected chi connectivity index (χ4v) is 2.86. The first-order valence-electron chi connectivity index (χ1n) is 7.90. The first-order chi connectivity index (χ1) is 11.2. The van der Waals surface area contributed by atoms with Crippen LogP contribution in [0, 0.1) is 5.82 Å². The average Bonchev–Trinajstić information content (AvgIpc) is 2.50. The van der Waals surface area contributed by atoms with Crippen molar-refractivity contribution in [1.29, 1.82) is 0 Å². The molecule has 24 heavy (non-hydrogen) atoms. The van der Waals surface area contributed by atoms with E-state index in [9.17, 15) is 17.8 Å². The molecule has 0 spiro atoms. The van der Waals surface area contributed by atoms with Crippen LogP contribution in [0.15, 0.2) is 24.3 Å². The highest BCUT2D eigenvalue weighted by atomic mass is 32.2. The van der Waals surface area contributed by atoms with Crippen LogP contribution in [0.25, 0.3) is 0 Å². The largest absolute Gasteiger partial charge is 0.464 e. The van der Waals surface area contributed by atoms with Crippen LogP contribution in [0.5, 0.6) is 0 Å². The molecule has 0 radical (unpaired) electrons. The summed E-state index contributed by atoms with van der Waals surface area (Å²) in [7, 11) is -1.46. The number of rotatable bonds is 8. The highest BCUT2D eigenvalue weighted by Crippen LogP contribution is 2.25. The molecule has 1 aromatic carbocycles. The number of alkyl halides is 1. The fraction of sp³-hybridized carbons (Fsp3) is 0.588. The number of halogens is 2. The third-order valence-corrected chi connectivity index (χ3v) is 4.95. The first-order valence-corrected chi connectivity index (χ1v) is 9.05. The van der Waals surface area contributed by atoms with Crippen molar-refractivity contribution in [3.8, 4) is 0 Å². The summed E-state index contributed by atoms with van der Waals surface area (Å²) >= 11 is 0. The number of carbonyl (C=O) groups is 1. The van der Waals surface area contributed by atoms with Gasteiger partial charge >= 0.3 is 5.97 Å². The average molecular weight is 361 g/mol. The summed E-state index contributed by atoms with van der Waals surface area (Å²) < 4.78 is 47.2. The Morgan fingerprint density at radius 2 is 1.92 bits per heavy atom. The molecule has 0 aliphatic carbocycles. The molecular weight excluding hydrogens is 336 g/mol. The van der Waals surface area contributed by atoms with Gasteiger partial charge in [-0.2, -0.15) is 0 Å².